The van der Waals surface area contributed by atoms with Crippen LogP contribution in [0.3, 0.4) is 0 Å². The van der Waals surface area contributed by atoms with Gasteiger partial charge in [-0.3, -0.25) is 9.69 Å². The number of hydrogen-bond acceptors (Lipinski definition) is 4. The van der Waals surface area contributed by atoms with Gasteiger partial charge in [0.1, 0.15) is 10.9 Å². The highest BCUT2D eigenvalue weighted by molar-refractivity contribution is 6.30. The lowest BCUT2D eigenvalue weighted by atomic mass is 10.0. The van der Waals surface area contributed by atoms with Crippen molar-refractivity contribution in [3.63, 3.8) is 0 Å². The maximum absolute atomic E-state index is 13.0. The summed E-state index contributed by atoms with van der Waals surface area (Å²) >= 11 is 6.15. The number of nitrogens with one attached hydrogen (secondary N) is 1. The maximum Gasteiger partial charge on any atom is 0.252 e. The van der Waals surface area contributed by atoms with Gasteiger partial charge in [0, 0.05) is 11.9 Å². The Morgan fingerprint density at radius 3 is 2.62 bits per heavy atom. The molecule has 1 aromatic heterocycles. The van der Waals surface area contributed by atoms with Crippen molar-refractivity contribution in [2.45, 2.75) is 18.9 Å². The SMILES string of the molecule is COc1ccc(C(CNC(=O)c2cc(Cl)nc3ccccc23)N2CCCC2)cc1. The van der Waals surface area contributed by atoms with E-state index in [0.29, 0.717) is 17.3 Å². The molecule has 6 heteroatoms. The first kappa shape index (κ1) is 19.7. The van der Waals surface area contributed by atoms with E-state index in [2.05, 4.69) is 27.3 Å². The number of carbonyl (C=O) groups is 1. The minimum atomic E-state index is -0.136. The lowest BCUT2D eigenvalue weighted by Gasteiger charge is -2.28. The Labute approximate surface area is 175 Å². The summed E-state index contributed by atoms with van der Waals surface area (Å²) < 4.78 is 5.28. The van der Waals surface area contributed by atoms with Crippen molar-refractivity contribution in [1.82, 2.24) is 15.2 Å². The summed E-state index contributed by atoms with van der Waals surface area (Å²) in [5, 5.41) is 4.25. The zero-order valence-electron chi connectivity index (χ0n) is 16.4. The van der Waals surface area contributed by atoms with Crippen LogP contribution >= 0.6 is 11.6 Å². The van der Waals surface area contributed by atoms with E-state index in [4.69, 9.17) is 16.3 Å². The first-order valence-electron chi connectivity index (χ1n) is 9.87. The van der Waals surface area contributed by atoms with E-state index < -0.39 is 0 Å². The van der Waals surface area contributed by atoms with Crippen molar-refractivity contribution in [1.29, 1.82) is 0 Å². The molecule has 3 aromatic rings. The number of ether oxygens (including phenoxy) is 1. The molecule has 1 saturated heterocycles. The third kappa shape index (κ3) is 4.36. The first-order valence-corrected chi connectivity index (χ1v) is 10.2. The summed E-state index contributed by atoms with van der Waals surface area (Å²) in [6.45, 7) is 2.60. The molecular weight excluding hydrogens is 386 g/mol. The molecule has 0 bridgehead atoms. The van der Waals surface area contributed by atoms with Gasteiger partial charge in [-0.15, -0.1) is 0 Å². The van der Waals surface area contributed by atoms with E-state index in [1.54, 1.807) is 13.2 Å². The predicted octanol–water partition coefficient (Wildman–Crippen LogP) is 4.46. The molecule has 1 fully saturated rings. The van der Waals surface area contributed by atoms with Gasteiger partial charge in [-0.05, 0) is 55.8 Å². The van der Waals surface area contributed by atoms with E-state index in [-0.39, 0.29) is 11.9 Å². The van der Waals surface area contributed by atoms with E-state index in [1.807, 2.05) is 36.4 Å². The molecule has 1 atom stereocenters. The summed E-state index contributed by atoms with van der Waals surface area (Å²) in [6, 6.07) is 17.4. The Bertz CT molecular complexity index is 1000. The van der Waals surface area contributed by atoms with Crippen molar-refractivity contribution in [3.8, 4) is 5.75 Å². The zero-order valence-corrected chi connectivity index (χ0v) is 17.2. The topological polar surface area (TPSA) is 54.5 Å². The van der Waals surface area contributed by atoms with E-state index in [0.717, 1.165) is 29.7 Å². The number of pyridine rings is 1. The van der Waals surface area contributed by atoms with Gasteiger partial charge in [-0.25, -0.2) is 4.98 Å². The molecule has 29 heavy (non-hydrogen) atoms. The van der Waals surface area contributed by atoms with Gasteiger partial charge in [0.2, 0.25) is 0 Å². The Morgan fingerprint density at radius 1 is 1.17 bits per heavy atom. The highest BCUT2D eigenvalue weighted by Crippen LogP contribution is 2.27. The van der Waals surface area contributed by atoms with Gasteiger partial charge in [0.05, 0.1) is 24.2 Å². The molecular formula is C23H24ClN3O2. The van der Waals surface area contributed by atoms with E-state index >= 15 is 0 Å². The Balaban J connectivity index is 1.56. The second-order valence-electron chi connectivity index (χ2n) is 7.25. The molecule has 0 radical (unpaired) electrons. The van der Waals surface area contributed by atoms with Crippen LogP contribution in [0.25, 0.3) is 10.9 Å². The number of hydrogen-bond donors (Lipinski definition) is 1. The lowest BCUT2D eigenvalue weighted by Crippen LogP contribution is -2.36. The molecule has 1 unspecified atom stereocenters. The van der Waals surface area contributed by atoms with Gasteiger partial charge in [0.25, 0.3) is 5.91 Å². The van der Waals surface area contributed by atoms with Gasteiger partial charge >= 0.3 is 0 Å². The molecule has 150 valence electrons. The molecule has 1 aliphatic heterocycles. The number of para-hydroxylation sites is 1. The normalized spacial score (nSPS) is 15.4. The maximum atomic E-state index is 13.0. The number of amides is 1. The van der Waals surface area contributed by atoms with Gasteiger partial charge in [0.15, 0.2) is 0 Å². The van der Waals surface area contributed by atoms with Crippen LogP contribution in [0.1, 0.15) is 34.8 Å². The highest BCUT2D eigenvalue weighted by atomic mass is 35.5. The minimum Gasteiger partial charge on any atom is -0.497 e. The van der Waals surface area contributed by atoms with Gasteiger partial charge in [-0.2, -0.15) is 0 Å². The monoisotopic (exact) mass is 409 g/mol. The second kappa shape index (κ2) is 8.80. The fourth-order valence-corrected chi connectivity index (χ4v) is 4.15. The van der Waals surface area contributed by atoms with Crippen LogP contribution in [0.5, 0.6) is 5.75 Å². The molecule has 0 saturated carbocycles. The average Bonchev–Trinajstić information content (AvgIpc) is 3.28. The molecule has 5 nitrogen and oxygen atoms in total. The van der Waals surface area contributed by atoms with E-state index in [1.165, 1.54) is 18.4 Å². The number of carbonyl (C=O) groups excluding carboxylic acids is 1. The second-order valence-corrected chi connectivity index (χ2v) is 7.64. The number of benzene rings is 2. The molecule has 2 heterocycles. The van der Waals surface area contributed by atoms with Gasteiger partial charge in [-0.1, -0.05) is 41.9 Å². The molecule has 4 rings (SSSR count). The fourth-order valence-electron chi connectivity index (χ4n) is 3.95. The molecule has 1 amide bonds. The van der Waals surface area contributed by atoms with Crippen LogP contribution in [-0.2, 0) is 0 Å². The number of methoxy groups -OCH3 is 1. The molecule has 2 aromatic carbocycles. The van der Waals surface area contributed by atoms with Crippen molar-refractivity contribution in [2.75, 3.05) is 26.7 Å². The third-order valence-corrected chi connectivity index (χ3v) is 5.66. The van der Waals surface area contributed by atoms with Crippen LogP contribution in [-0.4, -0.2) is 42.5 Å². The zero-order chi connectivity index (χ0) is 20.2. The van der Waals surface area contributed by atoms with Crippen molar-refractivity contribution in [2.24, 2.45) is 0 Å². The third-order valence-electron chi connectivity index (χ3n) is 5.47. The first-order chi connectivity index (χ1) is 14.2. The summed E-state index contributed by atoms with van der Waals surface area (Å²) in [6.07, 6.45) is 2.37. The number of fused-ring (bicyclic) bond motifs is 1. The number of nitrogens with zero attached hydrogens (tertiary/aromatic N) is 2. The van der Waals surface area contributed by atoms with Crippen molar-refractivity contribution < 1.29 is 9.53 Å². The Hall–Kier alpha value is -2.63. The van der Waals surface area contributed by atoms with Crippen LogP contribution in [0.15, 0.2) is 54.6 Å². The number of likely N-dealkylation sites (tertiary alicyclic amines) is 1. The number of rotatable bonds is 6. The standard InChI is InChI=1S/C23H24ClN3O2/c1-29-17-10-8-16(9-11-17)21(27-12-4-5-13-27)15-25-23(28)19-14-22(24)26-20-7-3-2-6-18(19)20/h2-3,6-11,14,21H,4-5,12-13,15H2,1H3,(H,25,28). The summed E-state index contributed by atoms with van der Waals surface area (Å²) in [4.78, 5) is 19.8. The van der Waals surface area contributed by atoms with Crippen LogP contribution in [0.2, 0.25) is 5.15 Å². The minimum absolute atomic E-state index is 0.121. The number of aromatic nitrogens is 1. The Morgan fingerprint density at radius 2 is 1.90 bits per heavy atom. The quantitative estimate of drug-likeness (QED) is 0.610. The average molecular weight is 410 g/mol. The largest absolute Gasteiger partial charge is 0.497 e. The summed E-state index contributed by atoms with van der Waals surface area (Å²) in [7, 11) is 1.66. The van der Waals surface area contributed by atoms with Crippen LogP contribution < -0.4 is 10.1 Å². The Kier molecular flexibility index (Phi) is 5.97. The molecule has 1 N–H and O–H groups in total. The smallest absolute Gasteiger partial charge is 0.252 e. The number of halogens is 1. The van der Waals surface area contributed by atoms with Crippen molar-refractivity contribution >= 4 is 28.4 Å². The molecule has 0 spiro atoms. The van der Waals surface area contributed by atoms with Crippen LogP contribution in [0, 0.1) is 0 Å². The van der Waals surface area contributed by atoms with Crippen LogP contribution in [0.4, 0.5) is 0 Å². The highest BCUT2D eigenvalue weighted by Gasteiger charge is 2.24. The summed E-state index contributed by atoms with van der Waals surface area (Å²) in [5.74, 6) is 0.694. The van der Waals surface area contributed by atoms with Crippen molar-refractivity contribution in [3.05, 3.63) is 70.9 Å². The molecule has 0 aliphatic carbocycles. The molecule has 1 aliphatic rings. The van der Waals surface area contributed by atoms with E-state index in [9.17, 15) is 4.79 Å². The van der Waals surface area contributed by atoms with Gasteiger partial charge < -0.3 is 10.1 Å². The predicted molar refractivity (Wildman–Crippen MR) is 116 cm³/mol. The lowest BCUT2D eigenvalue weighted by molar-refractivity contribution is 0.0939. The fraction of sp³-hybridized carbons (Fsp3) is 0.304. The summed E-state index contributed by atoms with van der Waals surface area (Å²) in [5.41, 5.74) is 2.44.